The van der Waals surface area contributed by atoms with Gasteiger partial charge in [0.1, 0.15) is 5.82 Å². The van der Waals surface area contributed by atoms with Gasteiger partial charge in [0.2, 0.25) is 0 Å². The third-order valence-corrected chi connectivity index (χ3v) is 3.61. The van der Waals surface area contributed by atoms with Gasteiger partial charge in [-0.3, -0.25) is 9.59 Å². The minimum absolute atomic E-state index is 0.150. The van der Waals surface area contributed by atoms with Crippen molar-refractivity contribution in [2.75, 3.05) is 13.1 Å². The molecular weight excluding hydrogens is 287 g/mol. The summed E-state index contributed by atoms with van der Waals surface area (Å²) in [5.74, 6) is -2.22. The van der Waals surface area contributed by atoms with E-state index in [4.69, 9.17) is 17.3 Å². The summed E-state index contributed by atoms with van der Waals surface area (Å²) in [4.78, 5) is 24.7. The van der Waals surface area contributed by atoms with Crippen LogP contribution in [-0.4, -0.2) is 40.5 Å². The number of amides is 2. The largest absolute Gasteiger partial charge is 0.378 e. The number of hydrogen-bond donors (Lipinski definition) is 2. The van der Waals surface area contributed by atoms with Crippen LogP contribution in [0.1, 0.15) is 23.2 Å². The fraction of sp³-hybridized carbons (Fsp3) is 0.385. The fourth-order valence-electron chi connectivity index (χ4n) is 2.24. The first-order valence-electron chi connectivity index (χ1n) is 6.10. The summed E-state index contributed by atoms with van der Waals surface area (Å²) in [6.45, 7) is 0.0969. The standard InChI is InChI=1S/C13H14ClFN2O3/c14-8-2-3-9(10(15)6-8)11(18)17-5-1-4-13(20,7-17)12(16)19/h2-3,6,20H,1,4-5,7H2,(H2,16,19). The summed E-state index contributed by atoms with van der Waals surface area (Å²) in [6, 6.07) is 3.72. The monoisotopic (exact) mass is 300 g/mol. The summed E-state index contributed by atoms with van der Waals surface area (Å²) in [5.41, 5.74) is 3.23. The number of primary amides is 1. The van der Waals surface area contributed by atoms with Crippen LogP contribution in [0.15, 0.2) is 18.2 Å². The van der Waals surface area contributed by atoms with E-state index >= 15 is 0 Å². The van der Waals surface area contributed by atoms with Crippen molar-refractivity contribution in [3.63, 3.8) is 0 Å². The average Bonchev–Trinajstić information content (AvgIpc) is 2.38. The Morgan fingerprint density at radius 1 is 1.45 bits per heavy atom. The molecule has 0 aromatic heterocycles. The van der Waals surface area contributed by atoms with Gasteiger partial charge in [-0.25, -0.2) is 4.39 Å². The molecule has 1 aliphatic heterocycles. The molecule has 1 aromatic carbocycles. The molecule has 1 atom stereocenters. The van der Waals surface area contributed by atoms with Crippen LogP contribution < -0.4 is 5.73 Å². The van der Waals surface area contributed by atoms with Crippen molar-refractivity contribution >= 4 is 23.4 Å². The number of nitrogens with zero attached hydrogens (tertiary/aromatic N) is 1. The molecule has 1 saturated heterocycles. The molecule has 0 radical (unpaired) electrons. The second-order valence-electron chi connectivity index (χ2n) is 4.85. The lowest BCUT2D eigenvalue weighted by Gasteiger charge is -2.37. The molecule has 108 valence electrons. The Morgan fingerprint density at radius 2 is 2.15 bits per heavy atom. The highest BCUT2D eigenvalue weighted by Gasteiger charge is 2.40. The average molecular weight is 301 g/mol. The van der Waals surface area contributed by atoms with Gasteiger partial charge in [0.05, 0.1) is 12.1 Å². The molecule has 3 N–H and O–H groups in total. The van der Waals surface area contributed by atoms with Gasteiger partial charge in [-0.1, -0.05) is 11.6 Å². The molecule has 1 heterocycles. The highest BCUT2D eigenvalue weighted by Crippen LogP contribution is 2.24. The van der Waals surface area contributed by atoms with Crippen LogP contribution in [0.2, 0.25) is 5.02 Å². The van der Waals surface area contributed by atoms with Crippen molar-refractivity contribution in [2.45, 2.75) is 18.4 Å². The number of aliphatic hydroxyl groups is 1. The maximum atomic E-state index is 13.7. The third kappa shape index (κ3) is 2.76. The molecule has 1 aromatic rings. The van der Waals surface area contributed by atoms with Gasteiger partial charge in [0.25, 0.3) is 11.8 Å². The number of β-amino-alcohol motifs (C(OH)–C–C–N with tert-alkyl or cyclic N) is 1. The Kier molecular flexibility index (Phi) is 3.96. The van der Waals surface area contributed by atoms with Crippen molar-refractivity contribution in [3.8, 4) is 0 Å². The summed E-state index contributed by atoms with van der Waals surface area (Å²) >= 11 is 5.63. The lowest BCUT2D eigenvalue weighted by atomic mass is 9.92. The zero-order chi connectivity index (χ0) is 14.9. The first kappa shape index (κ1) is 14.7. The minimum atomic E-state index is -1.75. The smallest absolute Gasteiger partial charge is 0.256 e. The van der Waals surface area contributed by atoms with Gasteiger partial charge < -0.3 is 15.7 Å². The lowest BCUT2D eigenvalue weighted by molar-refractivity contribution is -0.140. The molecule has 0 saturated carbocycles. The number of nitrogens with two attached hydrogens (primary N) is 1. The van der Waals surface area contributed by atoms with Crippen LogP contribution in [0.3, 0.4) is 0 Å². The number of hydrogen-bond acceptors (Lipinski definition) is 3. The summed E-state index contributed by atoms with van der Waals surface area (Å²) < 4.78 is 13.7. The quantitative estimate of drug-likeness (QED) is 0.852. The topological polar surface area (TPSA) is 83.6 Å². The van der Waals surface area contributed by atoms with E-state index in [-0.39, 0.29) is 23.6 Å². The molecule has 1 aliphatic rings. The predicted octanol–water partition coefficient (Wildman–Crippen LogP) is 0.931. The first-order chi connectivity index (χ1) is 9.33. The van der Waals surface area contributed by atoms with Gasteiger partial charge in [0, 0.05) is 11.6 Å². The molecule has 2 rings (SSSR count). The van der Waals surface area contributed by atoms with Crippen LogP contribution >= 0.6 is 11.6 Å². The number of carbonyl (C=O) groups excluding carboxylic acids is 2. The van der Waals surface area contributed by atoms with Crippen molar-refractivity contribution < 1.29 is 19.1 Å². The summed E-state index contributed by atoms with van der Waals surface area (Å²) in [6.07, 6.45) is 0.607. The Balaban J connectivity index is 2.23. The normalized spacial score (nSPS) is 22.6. The Morgan fingerprint density at radius 3 is 2.75 bits per heavy atom. The van der Waals surface area contributed by atoms with E-state index < -0.39 is 23.2 Å². The van der Waals surface area contributed by atoms with E-state index in [1.54, 1.807) is 0 Å². The van der Waals surface area contributed by atoms with Crippen LogP contribution in [0.5, 0.6) is 0 Å². The van der Waals surface area contributed by atoms with Crippen LogP contribution in [-0.2, 0) is 4.79 Å². The molecule has 0 bridgehead atoms. The second-order valence-corrected chi connectivity index (χ2v) is 5.29. The molecule has 2 amide bonds. The number of halogens is 2. The first-order valence-corrected chi connectivity index (χ1v) is 6.48. The minimum Gasteiger partial charge on any atom is -0.378 e. The zero-order valence-corrected chi connectivity index (χ0v) is 11.4. The van der Waals surface area contributed by atoms with E-state index in [1.807, 2.05) is 0 Å². The predicted molar refractivity (Wildman–Crippen MR) is 70.7 cm³/mol. The van der Waals surface area contributed by atoms with Crippen LogP contribution in [0, 0.1) is 5.82 Å². The Labute approximate surface area is 120 Å². The molecular formula is C13H14ClFN2O3. The maximum absolute atomic E-state index is 13.7. The van der Waals surface area contributed by atoms with Gasteiger partial charge in [-0.05, 0) is 31.0 Å². The van der Waals surface area contributed by atoms with Crippen LogP contribution in [0.25, 0.3) is 0 Å². The molecule has 1 fully saturated rings. The van der Waals surface area contributed by atoms with Crippen molar-refractivity contribution in [2.24, 2.45) is 5.73 Å². The second kappa shape index (κ2) is 5.38. The number of carbonyl (C=O) groups is 2. The number of rotatable bonds is 2. The number of benzene rings is 1. The van der Waals surface area contributed by atoms with Crippen molar-refractivity contribution in [3.05, 3.63) is 34.6 Å². The lowest BCUT2D eigenvalue weighted by Crippen LogP contribution is -2.57. The van der Waals surface area contributed by atoms with Gasteiger partial charge in [0.15, 0.2) is 5.60 Å². The molecule has 1 unspecified atom stereocenters. The van der Waals surface area contributed by atoms with Crippen molar-refractivity contribution in [1.29, 1.82) is 0 Å². The van der Waals surface area contributed by atoms with E-state index in [2.05, 4.69) is 0 Å². The number of likely N-dealkylation sites (tertiary alicyclic amines) is 1. The van der Waals surface area contributed by atoms with E-state index in [0.29, 0.717) is 13.0 Å². The highest BCUT2D eigenvalue weighted by molar-refractivity contribution is 6.30. The molecule has 0 spiro atoms. The van der Waals surface area contributed by atoms with Gasteiger partial charge in [-0.2, -0.15) is 0 Å². The molecule has 7 heteroatoms. The SMILES string of the molecule is NC(=O)C1(O)CCCN(C(=O)c2ccc(Cl)cc2F)C1. The number of piperidine rings is 1. The molecule has 20 heavy (non-hydrogen) atoms. The Bertz CT molecular complexity index is 567. The molecule has 0 aliphatic carbocycles. The summed E-state index contributed by atoms with van der Waals surface area (Å²) in [7, 11) is 0. The summed E-state index contributed by atoms with van der Waals surface area (Å²) in [5, 5.41) is 10.2. The van der Waals surface area contributed by atoms with Crippen molar-refractivity contribution in [1.82, 2.24) is 4.90 Å². The van der Waals surface area contributed by atoms with Gasteiger partial charge in [-0.15, -0.1) is 0 Å². The van der Waals surface area contributed by atoms with Gasteiger partial charge >= 0.3 is 0 Å². The fourth-order valence-corrected chi connectivity index (χ4v) is 2.40. The van der Waals surface area contributed by atoms with E-state index in [1.165, 1.54) is 17.0 Å². The Hall–Kier alpha value is -1.66. The maximum Gasteiger partial charge on any atom is 0.256 e. The van der Waals surface area contributed by atoms with Crippen LogP contribution in [0.4, 0.5) is 4.39 Å². The zero-order valence-electron chi connectivity index (χ0n) is 10.6. The van der Waals surface area contributed by atoms with E-state index in [9.17, 15) is 19.1 Å². The van der Waals surface area contributed by atoms with E-state index in [0.717, 1.165) is 6.07 Å². The third-order valence-electron chi connectivity index (χ3n) is 3.38. The molecule has 5 nitrogen and oxygen atoms in total. The highest BCUT2D eigenvalue weighted by atomic mass is 35.5.